The molecule has 1 N–H and O–H groups in total. The molecule has 16 heavy (non-hydrogen) atoms. The summed E-state index contributed by atoms with van der Waals surface area (Å²) in [6.07, 6.45) is 1.41. The fourth-order valence-corrected chi connectivity index (χ4v) is 2.37. The minimum absolute atomic E-state index is 0.228. The van der Waals surface area contributed by atoms with Crippen molar-refractivity contribution in [2.24, 2.45) is 0 Å². The maximum Gasteiger partial charge on any atom is 0.125 e. The van der Waals surface area contributed by atoms with Crippen molar-refractivity contribution in [3.05, 3.63) is 30.1 Å². The summed E-state index contributed by atoms with van der Waals surface area (Å²) in [4.78, 5) is 2.09. The number of aliphatic hydroxyl groups excluding tert-OH is 1. The van der Waals surface area contributed by atoms with Gasteiger partial charge in [0.05, 0.1) is 11.6 Å². The number of aliphatic hydroxyl groups is 1. The van der Waals surface area contributed by atoms with Crippen molar-refractivity contribution in [3.8, 4) is 0 Å². The third-order valence-electron chi connectivity index (χ3n) is 3.49. The van der Waals surface area contributed by atoms with Gasteiger partial charge in [0.2, 0.25) is 0 Å². The van der Waals surface area contributed by atoms with E-state index < -0.39 is 0 Å². The molecule has 3 heteroatoms. The van der Waals surface area contributed by atoms with Crippen LogP contribution in [0, 0.1) is 5.82 Å². The topological polar surface area (TPSA) is 23.5 Å². The summed E-state index contributed by atoms with van der Waals surface area (Å²) in [5, 5.41) is 10.0. The summed E-state index contributed by atoms with van der Waals surface area (Å²) in [5.41, 5.74) is 0.523. The van der Waals surface area contributed by atoms with Crippen LogP contribution in [0.3, 0.4) is 0 Å². The van der Waals surface area contributed by atoms with Crippen molar-refractivity contribution in [2.75, 3.05) is 11.4 Å². The van der Waals surface area contributed by atoms with Crippen molar-refractivity contribution in [3.63, 3.8) is 0 Å². The van der Waals surface area contributed by atoms with Crippen LogP contribution in [0.5, 0.6) is 0 Å². The van der Waals surface area contributed by atoms with E-state index in [4.69, 9.17) is 0 Å². The lowest BCUT2D eigenvalue weighted by Gasteiger charge is -2.47. The Labute approximate surface area is 95.7 Å². The Balaban J connectivity index is 2.32. The van der Waals surface area contributed by atoms with E-state index in [1.54, 1.807) is 6.07 Å². The van der Waals surface area contributed by atoms with Crippen molar-refractivity contribution in [2.45, 2.75) is 38.3 Å². The van der Waals surface area contributed by atoms with Crippen molar-refractivity contribution in [1.29, 1.82) is 0 Å². The van der Waals surface area contributed by atoms with Gasteiger partial charge in [0.1, 0.15) is 5.82 Å². The first-order valence-electron chi connectivity index (χ1n) is 5.73. The summed E-state index contributed by atoms with van der Waals surface area (Å²) < 4.78 is 13.2. The molecule has 0 bridgehead atoms. The van der Waals surface area contributed by atoms with Crippen LogP contribution in [0.25, 0.3) is 0 Å². The second-order valence-corrected chi connectivity index (χ2v) is 4.94. The molecule has 1 fully saturated rings. The van der Waals surface area contributed by atoms with Crippen LogP contribution in [0.15, 0.2) is 24.3 Å². The summed E-state index contributed by atoms with van der Waals surface area (Å²) >= 11 is 0. The van der Waals surface area contributed by atoms with Crippen LogP contribution < -0.4 is 4.90 Å². The monoisotopic (exact) mass is 223 g/mol. The Bertz CT molecular complexity index is 378. The summed E-state index contributed by atoms with van der Waals surface area (Å²) in [6, 6.07) is 6.57. The van der Waals surface area contributed by atoms with Gasteiger partial charge < -0.3 is 10.0 Å². The van der Waals surface area contributed by atoms with Gasteiger partial charge in [-0.3, -0.25) is 0 Å². The van der Waals surface area contributed by atoms with E-state index in [0.29, 0.717) is 0 Å². The lowest BCUT2D eigenvalue weighted by molar-refractivity contribution is 0.0711. The first-order valence-corrected chi connectivity index (χ1v) is 5.73. The third kappa shape index (κ3) is 1.92. The van der Waals surface area contributed by atoms with Gasteiger partial charge in [-0.25, -0.2) is 4.39 Å². The molecule has 1 unspecified atom stereocenters. The summed E-state index contributed by atoms with van der Waals surface area (Å²) in [5.74, 6) is -0.228. The van der Waals surface area contributed by atoms with Crippen molar-refractivity contribution >= 4 is 5.69 Å². The van der Waals surface area contributed by atoms with Crippen LogP contribution in [0.2, 0.25) is 0 Å². The highest BCUT2D eigenvalue weighted by Gasteiger charge is 2.37. The number of rotatable bonds is 1. The Morgan fingerprint density at radius 2 is 2.19 bits per heavy atom. The molecule has 0 amide bonds. The van der Waals surface area contributed by atoms with Crippen LogP contribution >= 0.6 is 0 Å². The SMILES string of the molecule is CC1(C)C(O)CCCN1c1cccc(F)c1. The number of halogens is 1. The molecule has 0 aliphatic carbocycles. The predicted octanol–water partition coefficient (Wildman–Crippen LogP) is 2.57. The quantitative estimate of drug-likeness (QED) is 0.791. The Morgan fingerprint density at radius 1 is 1.44 bits per heavy atom. The van der Waals surface area contributed by atoms with E-state index in [0.717, 1.165) is 25.1 Å². The van der Waals surface area contributed by atoms with E-state index in [-0.39, 0.29) is 17.5 Å². The van der Waals surface area contributed by atoms with E-state index in [1.165, 1.54) is 12.1 Å². The molecule has 0 radical (unpaired) electrons. The van der Waals surface area contributed by atoms with E-state index in [1.807, 2.05) is 19.9 Å². The average Bonchev–Trinajstić information content (AvgIpc) is 2.22. The zero-order valence-electron chi connectivity index (χ0n) is 9.78. The van der Waals surface area contributed by atoms with Gasteiger partial charge in [-0.1, -0.05) is 6.07 Å². The highest BCUT2D eigenvalue weighted by atomic mass is 19.1. The standard InChI is InChI=1S/C13H18FNO/c1-13(2)12(16)7-4-8-15(13)11-6-3-5-10(14)9-11/h3,5-6,9,12,16H,4,7-8H2,1-2H3. The van der Waals surface area contributed by atoms with Crippen molar-refractivity contribution in [1.82, 2.24) is 0 Å². The lowest BCUT2D eigenvalue weighted by atomic mass is 9.87. The Kier molecular flexibility index (Phi) is 2.89. The number of hydrogen-bond donors (Lipinski definition) is 1. The second kappa shape index (κ2) is 4.06. The van der Waals surface area contributed by atoms with Gasteiger partial charge in [-0.15, -0.1) is 0 Å². The molecule has 2 nitrogen and oxygen atoms in total. The van der Waals surface area contributed by atoms with Crippen LogP contribution in [-0.2, 0) is 0 Å². The molecule has 0 saturated carbocycles. The molecular weight excluding hydrogens is 205 g/mol. The number of benzene rings is 1. The lowest BCUT2D eigenvalue weighted by Crippen LogP contribution is -2.56. The summed E-state index contributed by atoms with van der Waals surface area (Å²) in [7, 11) is 0. The van der Waals surface area contributed by atoms with Gasteiger partial charge in [-0.05, 0) is 44.9 Å². The van der Waals surface area contributed by atoms with Gasteiger partial charge in [0.15, 0.2) is 0 Å². The van der Waals surface area contributed by atoms with E-state index in [9.17, 15) is 9.50 Å². The second-order valence-electron chi connectivity index (χ2n) is 4.94. The molecule has 88 valence electrons. The van der Waals surface area contributed by atoms with Gasteiger partial charge in [-0.2, -0.15) is 0 Å². The van der Waals surface area contributed by atoms with E-state index >= 15 is 0 Å². The number of anilines is 1. The maximum atomic E-state index is 13.2. The highest BCUT2D eigenvalue weighted by Crippen LogP contribution is 2.32. The predicted molar refractivity (Wildman–Crippen MR) is 63.1 cm³/mol. The van der Waals surface area contributed by atoms with Crippen LogP contribution in [-0.4, -0.2) is 23.3 Å². The summed E-state index contributed by atoms with van der Waals surface area (Å²) in [6.45, 7) is 4.87. The number of piperidine rings is 1. The molecule has 1 aromatic carbocycles. The Morgan fingerprint density at radius 3 is 2.88 bits per heavy atom. The van der Waals surface area contributed by atoms with Gasteiger partial charge in [0, 0.05) is 12.2 Å². The van der Waals surface area contributed by atoms with Gasteiger partial charge in [0.25, 0.3) is 0 Å². The molecule has 1 aromatic rings. The number of hydrogen-bond acceptors (Lipinski definition) is 2. The zero-order chi connectivity index (χ0) is 11.8. The van der Waals surface area contributed by atoms with E-state index in [2.05, 4.69) is 4.90 Å². The fourth-order valence-electron chi connectivity index (χ4n) is 2.37. The molecule has 2 rings (SSSR count). The third-order valence-corrected chi connectivity index (χ3v) is 3.49. The molecule has 1 atom stereocenters. The first kappa shape index (κ1) is 11.4. The number of nitrogens with zero attached hydrogens (tertiary/aromatic N) is 1. The highest BCUT2D eigenvalue weighted by molar-refractivity contribution is 5.49. The minimum atomic E-state index is -0.357. The molecule has 1 aliphatic rings. The molecule has 0 aromatic heterocycles. The molecule has 1 aliphatic heterocycles. The smallest absolute Gasteiger partial charge is 0.125 e. The fraction of sp³-hybridized carbons (Fsp3) is 0.538. The molecular formula is C13H18FNO. The zero-order valence-corrected chi connectivity index (χ0v) is 9.78. The van der Waals surface area contributed by atoms with Crippen molar-refractivity contribution < 1.29 is 9.50 Å². The molecule has 1 heterocycles. The largest absolute Gasteiger partial charge is 0.391 e. The van der Waals surface area contributed by atoms with Crippen LogP contribution in [0.4, 0.5) is 10.1 Å². The molecule has 1 saturated heterocycles. The minimum Gasteiger partial charge on any atom is -0.391 e. The van der Waals surface area contributed by atoms with Crippen LogP contribution in [0.1, 0.15) is 26.7 Å². The Hall–Kier alpha value is -1.09. The van der Waals surface area contributed by atoms with Gasteiger partial charge >= 0.3 is 0 Å². The normalized spacial score (nSPS) is 24.5. The molecule has 0 spiro atoms. The first-order chi connectivity index (χ1) is 7.51. The maximum absolute atomic E-state index is 13.2. The average molecular weight is 223 g/mol.